The summed E-state index contributed by atoms with van der Waals surface area (Å²) in [5, 5.41) is 3.61. The third kappa shape index (κ3) is 4.22. The van der Waals surface area contributed by atoms with Crippen molar-refractivity contribution in [1.82, 2.24) is 20.3 Å². The minimum Gasteiger partial charge on any atom is -0.421 e. The first-order chi connectivity index (χ1) is 19.4. The summed E-state index contributed by atoms with van der Waals surface area (Å²) >= 11 is 1.15. The molecular formula is C28H25N7O4S. The first-order valence-corrected chi connectivity index (χ1v) is 13.5. The van der Waals surface area contributed by atoms with Gasteiger partial charge in [-0.2, -0.15) is 0 Å². The number of nitrogens with zero attached hydrogens (tertiary/aromatic N) is 5. The monoisotopic (exact) mass is 555 g/mol. The van der Waals surface area contributed by atoms with Crippen LogP contribution in [0.25, 0.3) is 10.2 Å². The lowest BCUT2D eigenvalue weighted by atomic mass is 10.0. The Balaban J connectivity index is 1.49. The molecule has 2 aliphatic rings. The Morgan fingerprint density at radius 2 is 2.00 bits per heavy atom. The van der Waals surface area contributed by atoms with E-state index in [2.05, 4.69) is 26.8 Å². The quantitative estimate of drug-likeness (QED) is 0.318. The maximum Gasteiger partial charge on any atom is 0.334 e. The van der Waals surface area contributed by atoms with Gasteiger partial charge in [0.05, 0.1) is 40.7 Å². The summed E-state index contributed by atoms with van der Waals surface area (Å²) in [5.41, 5.74) is 8.07. The van der Waals surface area contributed by atoms with E-state index in [1.165, 1.54) is 6.08 Å². The second kappa shape index (κ2) is 10.0. The minimum atomic E-state index is -0.645. The van der Waals surface area contributed by atoms with E-state index in [9.17, 15) is 14.4 Å². The van der Waals surface area contributed by atoms with E-state index in [1.54, 1.807) is 52.7 Å². The van der Waals surface area contributed by atoms with E-state index in [0.717, 1.165) is 23.3 Å². The Morgan fingerprint density at radius 1 is 1.15 bits per heavy atom. The number of thiophene rings is 1. The summed E-state index contributed by atoms with van der Waals surface area (Å²) in [4.78, 5) is 56.4. The summed E-state index contributed by atoms with van der Waals surface area (Å²) < 4.78 is 5.79. The molecule has 0 bridgehead atoms. The van der Waals surface area contributed by atoms with E-state index < -0.39 is 11.9 Å². The zero-order valence-electron chi connectivity index (χ0n) is 21.5. The van der Waals surface area contributed by atoms with Gasteiger partial charge < -0.3 is 15.8 Å². The van der Waals surface area contributed by atoms with Gasteiger partial charge in [0.15, 0.2) is 0 Å². The summed E-state index contributed by atoms with van der Waals surface area (Å²) in [5.74, 6) is -0.242. The number of primary amides is 1. The molecule has 0 spiro atoms. The van der Waals surface area contributed by atoms with Crippen LogP contribution in [-0.4, -0.2) is 44.9 Å². The fourth-order valence-electron chi connectivity index (χ4n) is 5.41. The van der Waals surface area contributed by atoms with Gasteiger partial charge in [0.2, 0.25) is 17.7 Å². The molecule has 40 heavy (non-hydrogen) atoms. The molecule has 0 unspecified atom stereocenters. The third-order valence-electron chi connectivity index (χ3n) is 7.12. The van der Waals surface area contributed by atoms with Gasteiger partial charge in [-0.15, -0.1) is 11.3 Å². The molecule has 1 fully saturated rings. The number of aryl methyl sites for hydroxylation is 1. The molecule has 202 valence electrons. The van der Waals surface area contributed by atoms with Gasteiger partial charge >= 0.3 is 6.03 Å². The van der Waals surface area contributed by atoms with Crippen molar-refractivity contribution in [2.24, 2.45) is 5.73 Å². The van der Waals surface area contributed by atoms with Crippen molar-refractivity contribution in [2.45, 2.75) is 38.3 Å². The highest BCUT2D eigenvalue weighted by atomic mass is 32.1. The number of nitrogens with one attached hydrogen (secondary N) is 1. The molecule has 5 heterocycles. The largest absolute Gasteiger partial charge is 0.421 e. The molecule has 0 saturated heterocycles. The highest BCUT2D eigenvalue weighted by molar-refractivity contribution is 7.21. The number of hydrogen-bond acceptors (Lipinski definition) is 8. The molecule has 0 radical (unpaired) electrons. The molecule has 1 saturated carbocycles. The number of carbonyl (C=O) groups excluding carboxylic acids is 3. The second-order valence-electron chi connectivity index (χ2n) is 9.54. The molecule has 1 aliphatic heterocycles. The first-order valence-electron chi connectivity index (χ1n) is 12.7. The molecule has 6 rings (SSSR count). The average molecular weight is 556 g/mol. The number of carbonyl (C=O) groups is 3. The van der Waals surface area contributed by atoms with Crippen LogP contribution in [0, 0.1) is 6.92 Å². The van der Waals surface area contributed by atoms with Crippen molar-refractivity contribution in [1.29, 1.82) is 0 Å². The van der Waals surface area contributed by atoms with E-state index in [0.29, 0.717) is 51.9 Å². The maximum atomic E-state index is 14.5. The lowest BCUT2D eigenvalue weighted by Gasteiger charge is -2.41. The Hall–Kier alpha value is -4.84. The van der Waals surface area contributed by atoms with Crippen molar-refractivity contribution in [3.63, 3.8) is 0 Å². The summed E-state index contributed by atoms with van der Waals surface area (Å²) in [6.07, 6.45) is 8.10. The molecule has 3 N–H and O–H groups in total. The van der Waals surface area contributed by atoms with Gasteiger partial charge in [-0.25, -0.2) is 19.7 Å². The maximum absolute atomic E-state index is 14.5. The summed E-state index contributed by atoms with van der Waals surface area (Å²) in [7, 11) is 0. The fraction of sp³-hybridized carbons (Fsp3) is 0.214. The van der Waals surface area contributed by atoms with Crippen molar-refractivity contribution in [2.75, 3.05) is 9.80 Å². The highest BCUT2D eigenvalue weighted by Crippen LogP contribution is 2.50. The Labute approximate surface area is 233 Å². The molecule has 12 heteroatoms. The molecule has 11 nitrogen and oxygen atoms in total. The second-order valence-corrected chi connectivity index (χ2v) is 10.5. The SMILES string of the molecule is C=CC(=O)N[C@H]1CCC[C@H]1N1C(=O)N(c2cnc(Oc3ccccn3)cc2C)c2ccnc3sc(C(N)=O)c1c23. The number of aromatic nitrogens is 3. The lowest BCUT2D eigenvalue weighted by Crippen LogP contribution is -2.55. The van der Waals surface area contributed by atoms with Crippen molar-refractivity contribution < 1.29 is 19.1 Å². The molecule has 0 aromatic carbocycles. The number of ether oxygens (including phenoxy) is 1. The highest BCUT2D eigenvalue weighted by Gasteiger charge is 2.45. The number of amides is 4. The van der Waals surface area contributed by atoms with Crippen LogP contribution in [0.5, 0.6) is 11.8 Å². The van der Waals surface area contributed by atoms with E-state index >= 15 is 0 Å². The summed E-state index contributed by atoms with van der Waals surface area (Å²) in [6.45, 7) is 5.41. The molecular weight excluding hydrogens is 530 g/mol. The number of nitrogens with two attached hydrogens (primary N) is 1. The van der Waals surface area contributed by atoms with E-state index in [-0.39, 0.29) is 22.9 Å². The Bertz CT molecular complexity index is 1670. The average Bonchev–Trinajstić information content (AvgIpc) is 3.56. The van der Waals surface area contributed by atoms with Gasteiger partial charge in [0.25, 0.3) is 5.91 Å². The number of rotatable bonds is 7. The lowest BCUT2D eigenvalue weighted by molar-refractivity contribution is -0.117. The van der Waals surface area contributed by atoms with E-state index in [4.69, 9.17) is 10.5 Å². The Kier molecular flexibility index (Phi) is 6.39. The first kappa shape index (κ1) is 25.4. The number of hydrogen-bond donors (Lipinski definition) is 2. The molecule has 2 atom stereocenters. The van der Waals surface area contributed by atoms with Crippen molar-refractivity contribution >= 4 is 56.5 Å². The van der Waals surface area contributed by atoms with Crippen LogP contribution < -0.4 is 25.6 Å². The van der Waals surface area contributed by atoms with Crippen molar-refractivity contribution in [3.8, 4) is 11.8 Å². The van der Waals surface area contributed by atoms with Crippen LogP contribution in [0.4, 0.5) is 21.9 Å². The van der Waals surface area contributed by atoms with Gasteiger partial charge in [0, 0.05) is 24.5 Å². The van der Waals surface area contributed by atoms with Crippen LogP contribution in [0.2, 0.25) is 0 Å². The smallest absolute Gasteiger partial charge is 0.334 e. The van der Waals surface area contributed by atoms with Crippen LogP contribution in [0.3, 0.4) is 0 Å². The standard InChI is InChI=1S/C28H25N7O4S/c1-3-20(36)33-16-7-6-8-17(16)35-24-23-18(10-12-31-27(23)40-25(24)26(29)37)34(28(35)38)19-14-32-22(13-15(19)2)39-21-9-4-5-11-30-21/h3-5,9-14,16-17H,1,6-8H2,2H3,(H2,29,37)(H,33,36)/t16-,17+/m0/s1. The van der Waals surface area contributed by atoms with Gasteiger partial charge in [0.1, 0.15) is 9.71 Å². The topological polar surface area (TPSA) is 144 Å². The van der Waals surface area contributed by atoms with Crippen LogP contribution in [0.1, 0.15) is 34.5 Å². The zero-order chi connectivity index (χ0) is 28.0. The molecule has 1 aliphatic carbocycles. The molecule has 4 aromatic heterocycles. The number of urea groups is 1. The number of pyridine rings is 3. The van der Waals surface area contributed by atoms with Gasteiger partial charge in [-0.1, -0.05) is 12.6 Å². The predicted molar refractivity (Wildman–Crippen MR) is 151 cm³/mol. The Morgan fingerprint density at radius 3 is 2.73 bits per heavy atom. The summed E-state index contributed by atoms with van der Waals surface area (Å²) in [6, 6.07) is 7.67. The normalized spacial score (nSPS) is 18.2. The van der Waals surface area contributed by atoms with Gasteiger partial charge in [-0.3, -0.25) is 19.4 Å². The molecule has 4 aromatic rings. The zero-order valence-corrected chi connectivity index (χ0v) is 22.4. The van der Waals surface area contributed by atoms with Crippen LogP contribution in [-0.2, 0) is 4.79 Å². The third-order valence-corrected chi connectivity index (χ3v) is 8.22. The van der Waals surface area contributed by atoms with Crippen LogP contribution >= 0.6 is 11.3 Å². The van der Waals surface area contributed by atoms with Crippen LogP contribution in [0.15, 0.2) is 61.6 Å². The molecule has 4 amide bonds. The number of anilines is 3. The minimum absolute atomic E-state index is 0.248. The van der Waals surface area contributed by atoms with Gasteiger partial charge in [-0.05, 0) is 50.0 Å². The van der Waals surface area contributed by atoms with E-state index in [1.807, 2.05) is 13.0 Å². The predicted octanol–water partition coefficient (Wildman–Crippen LogP) is 4.59. The van der Waals surface area contributed by atoms with Crippen molar-refractivity contribution in [3.05, 3.63) is 72.0 Å². The fourth-order valence-corrected chi connectivity index (χ4v) is 6.42.